The molecule has 442 valence electrons. The second-order valence-electron chi connectivity index (χ2n) is 21.8. The number of aryl methyl sites for hydroxylation is 2. The van der Waals surface area contributed by atoms with E-state index in [1.165, 1.54) is 36.7 Å². The molecule has 0 radical (unpaired) electrons. The second-order valence-corrected chi connectivity index (χ2v) is 25.4. The molecule has 0 aliphatic heterocycles. The van der Waals surface area contributed by atoms with Crippen molar-refractivity contribution in [2.45, 2.75) is 113 Å². The van der Waals surface area contributed by atoms with Crippen LogP contribution in [0.3, 0.4) is 0 Å². The number of rotatable bonds is 25. The van der Waals surface area contributed by atoms with Crippen molar-refractivity contribution in [3.05, 3.63) is 181 Å². The lowest BCUT2D eigenvalue weighted by molar-refractivity contribution is -0.164. The molecule has 4 amide bonds. The summed E-state index contributed by atoms with van der Waals surface area (Å²) in [6.45, 7) is 9.12. The molecule has 2 aromatic heterocycles. The summed E-state index contributed by atoms with van der Waals surface area (Å²) >= 11 is 0. The highest BCUT2D eigenvalue weighted by Gasteiger charge is 2.46. The number of amides is 4. The Morgan fingerprint density at radius 3 is 1.23 bits per heavy atom. The molecule has 6 N–H and O–H groups in total. The SMILES string of the molecule is Cc1ccc(S(=O)(=O)n2cnc(C[C@H](N)C(=O)N(C(=O)COc3cccc4ccccc34)[C@@H](CC(C)C)[C@H](O)[C@@H](O)[C@H](CC(C)C)N(C(=O)COc3cccc4ccccc34)C(=O)[C@@H](N)Cc3cn(S(=O)(=O)c4ccc(C)cc4)cn3)c2)cc1. The van der Waals surface area contributed by atoms with Gasteiger partial charge in [0, 0.05) is 36.0 Å². The van der Waals surface area contributed by atoms with E-state index < -0.39 is 118 Å². The molecular formula is C62H70N8O12S2. The lowest BCUT2D eigenvalue weighted by Crippen LogP contribution is -2.64. The van der Waals surface area contributed by atoms with Crippen molar-refractivity contribution in [1.82, 2.24) is 27.7 Å². The monoisotopic (exact) mass is 1180 g/mol. The first-order valence-electron chi connectivity index (χ1n) is 27.4. The molecule has 6 aromatic carbocycles. The Morgan fingerprint density at radius 1 is 0.524 bits per heavy atom. The number of nitrogens with zero attached hydrogens (tertiary/aromatic N) is 6. The van der Waals surface area contributed by atoms with Crippen LogP contribution in [0.5, 0.6) is 11.5 Å². The van der Waals surface area contributed by atoms with Crippen LogP contribution in [0, 0.1) is 25.7 Å². The maximum atomic E-state index is 15.1. The first kappa shape index (κ1) is 61.9. The number of hydrogen-bond acceptors (Lipinski definition) is 16. The average Bonchev–Trinajstić information content (AvgIpc) is 4.28. The fourth-order valence-electron chi connectivity index (χ4n) is 10.0. The number of nitrogens with two attached hydrogens (primary N) is 2. The third kappa shape index (κ3) is 14.3. The summed E-state index contributed by atoms with van der Waals surface area (Å²) < 4.78 is 68.5. The molecule has 0 spiro atoms. The minimum atomic E-state index is -4.13. The van der Waals surface area contributed by atoms with E-state index in [1.807, 2.05) is 50.2 Å². The van der Waals surface area contributed by atoms with Crippen LogP contribution in [-0.2, 0) is 52.1 Å². The van der Waals surface area contributed by atoms with E-state index in [2.05, 4.69) is 9.97 Å². The minimum absolute atomic E-state index is 0.0135. The van der Waals surface area contributed by atoms with Gasteiger partial charge in [0.15, 0.2) is 13.2 Å². The van der Waals surface area contributed by atoms with Crippen LogP contribution in [-0.4, -0.2) is 128 Å². The standard InChI is InChI=1S/C62H70N8O12S2/c1-39(2)29-53(69(57(71)35-81-55-19-11-15-43-13-7-9-17-49(43)55)61(75)51(63)31-45-33-67(37-65-45)83(77,78)47-25-21-41(5)22-26-47)59(73)60(74)54(30-40(3)4)70(58(72)36-82-56-20-12-16-44-14-8-10-18-50(44)56)62(76)52(64)32-46-34-68(38-66-46)84(79,80)48-27-23-42(6)24-28-48/h7-28,33-34,37-40,51-54,59-60,73-74H,29-32,35-36,63-64H2,1-6H3/t51-,52-,53-,54-,59-,60-/m0/s1. The maximum Gasteiger partial charge on any atom is 0.268 e. The number of imide groups is 2. The number of fused-ring (bicyclic) bond motifs is 2. The molecule has 8 aromatic rings. The summed E-state index contributed by atoms with van der Waals surface area (Å²) in [4.78, 5) is 70.2. The largest absolute Gasteiger partial charge is 0.483 e. The van der Waals surface area contributed by atoms with Gasteiger partial charge in [0.25, 0.3) is 31.9 Å². The molecule has 0 unspecified atom stereocenters. The van der Waals surface area contributed by atoms with Gasteiger partial charge in [-0.25, -0.2) is 34.7 Å². The molecule has 0 saturated heterocycles. The molecular weight excluding hydrogens is 1110 g/mol. The van der Waals surface area contributed by atoms with E-state index in [9.17, 15) is 36.6 Å². The van der Waals surface area contributed by atoms with E-state index in [0.717, 1.165) is 52.3 Å². The summed E-state index contributed by atoms with van der Waals surface area (Å²) in [5.41, 5.74) is 15.2. The van der Waals surface area contributed by atoms with Crippen LogP contribution in [0.2, 0.25) is 0 Å². The summed E-state index contributed by atoms with van der Waals surface area (Å²) in [7, 11) is -8.25. The van der Waals surface area contributed by atoms with Gasteiger partial charge in [-0.05, 0) is 85.7 Å². The Bertz CT molecular complexity index is 3610. The van der Waals surface area contributed by atoms with Gasteiger partial charge in [-0.3, -0.25) is 29.0 Å². The Kier molecular flexibility index (Phi) is 19.6. The lowest BCUT2D eigenvalue weighted by Gasteiger charge is -2.42. The minimum Gasteiger partial charge on any atom is -0.483 e. The van der Waals surface area contributed by atoms with Crippen LogP contribution in [0.25, 0.3) is 21.5 Å². The van der Waals surface area contributed by atoms with Crippen molar-refractivity contribution in [2.24, 2.45) is 23.3 Å². The number of aliphatic hydroxyl groups excluding tert-OH is 2. The van der Waals surface area contributed by atoms with Crippen molar-refractivity contribution in [3.63, 3.8) is 0 Å². The van der Waals surface area contributed by atoms with Gasteiger partial charge in [0.2, 0.25) is 11.8 Å². The summed E-state index contributed by atoms with van der Waals surface area (Å²) in [5.74, 6) is -4.27. The number of aliphatic hydroxyl groups is 2. The van der Waals surface area contributed by atoms with Gasteiger partial charge < -0.3 is 31.2 Å². The fraction of sp³-hybridized carbons (Fsp3) is 0.323. The topological polar surface area (TPSA) is 290 Å². The zero-order valence-electron chi connectivity index (χ0n) is 47.5. The normalized spacial score (nSPS) is 14.2. The predicted octanol–water partition coefficient (Wildman–Crippen LogP) is 6.34. The van der Waals surface area contributed by atoms with E-state index in [1.54, 1.807) is 100 Å². The number of aromatic nitrogens is 4. The van der Waals surface area contributed by atoms with Crippen molar-refractivity contribution in [1.29, 1.82) is 0 Å². The first-order chi connectivity index (χ1) is 39.9. The number of ether oxygens (including phenoxy) is 2. The maximum absolute atomic E-state index is 15.1. The molecule has 6 atom stereocenters. The Labute approximate surface area is 488 Å². The average molecular weight is 1180 g/mol. The zero-order chi connectivity index (χ0) is 60.6. The smallest absolute Gasteiger partial charge is 0.268 e. The molecule has 2 heterocycles. The van der Waals surface area contributed by atoms with E-state index >= 15 is 9.59 Å². The predicted molar refractivity (Wildman–Crippen MR) is 316 cm³/mol. The first-order valence-corrected chi connectivity index (χ1v) is 30.3. The molecule has 0 bridgehead atoms. The van der Waals surface area contributed by atoms with E-state index in [-0.39, 0.29) is 34.0 Å². The molecule has 20 nitrogen and oxygen atoms in total. The van der Waals surface area contributed by atoms with Gasteiger partial charge in [-0.2, -0.15) is 0 Å². The second kappa shape index (κ2) is 26.6. The van der Waals surface area contributed by atoms with Crippen molar-refractivity contribution < 1.29 is 55.7 Å². The summed E-state index contributed by atoms with van der Waals surface area (Å²) in [5, 5.41) is 28.6. The molecule has 8 rings (SSSR count). The Morgan fingerprint density at radius 2 is 0.869 bits per heavy atom. The molecule has 0 fully saturated rings. The Hall–Kier alpha value is -8.12. The molecule has 84 heavy (non-hydrogen) atoms. The highest BCUT2D eigenvalue weighted by atomic mass is 32.2. The molecule has 0 aliphatic carbocycles. The van der Waals surface area contributed by atoms with Gasteiger partial charge >= 0.3 is 0 Å². The van der Waals surface area contributed by atoms with Crippen molar-refractivity contribution in [2.75, 3.05) is 13.2 Å². The van der Waals surface area contributed by atoms with Gasteiger partial charge in [0.05, 0.1) is 45.3 Å². The quantitative estimate of drug-likeness (QED) is 0.0486. The third-order valence-corrected chi connectivity index (χ3v) is 17.6. The lowest BCUT2D eigenvalue weighted by atomic mass is 9.87. The summed E-state index contributed by atoms with van der Waals surface area (Å²) in [6, 6.07) is 30.9. The van der Waals surface area contributed by atoms with Crippen LogP contribution < -0.4 is 20.9 Å². The number of imidazole rings is 2. The Balaban J connectivity index is 1.15. The number of carbonyl (C=O) groups excluding carboxylic acids is 4. The van der Waals surface area contributed by atoms with Crippen LogP contribution in [0.1, 0.15) is 63.1 Å². The van der Waals surface area contributed by atoms with Gasteiger partial charge in [-0.15, -0.1) is 0 Å². The van der Waals surface area contributed by atoms with Gasteiger partial charge in [-0.1, -0.05) is 136 Å². The van der Waals surface area contributed by atoms with Crippen molar-refractivity contribution in [3.8, 4) is 11.5 Å². The number of benzene rings is 6. The number of carbonyl (C=O) groups is 4. The third-order valence-electron chi connectivity index (χ3n) is 14.4. The molecule has 22 heteroatoms. The highest BCUT2D eigenvalue weighted by Crippen LogP contribution is 2.30. The van der Waals surface area contributed by atoms with E-state index in [4.69, 9.17) is 20.9 Å². The van der Waals surface area contributed by atoms with Crippen LogP contribution in [0.4, 0.5) is 0 Å². The fourth-order valence-corrected chi connectivity index (χ4v) is 12.3. The molecule has 0 aliphatic rings. The number of hydrogen-bond donors (Lipinski definition) is 4. The van der Waals surface area contributed by atoms with Crippen LogP contribution >= 0.6 is 0 Å². The van der Waals surface area contributed by atoms with Crippen LogP contribution in [0.15, 0.2) is 168 Å². The summed E-state index contributed by atoms with van der Waals surface area (Å²) in [6.07, 6.45) is -0.803. The highest BCUT2D eigenvalue weighted by molar-refractivity contribution is 7.90. The van der Waals surface area contributed by atoms with E-state index in [0.29, 0.717) is 22.3 Å². The zero-order valence-corrected chi connectivity index (χ0v) is 49.1. The van der Waals surface area contributed by atoms with Gasteiger partial charge in [0.1, 0.15) is 36.4 Å². The van der Waals surface area contributed by atoms with Crippen molar-refractivity contribution >= 4 is 65.2 Å². The molecule has 0 saturated carbocycles.